The molecule has 6 rings (SSSR count). The minimum Gasteiger partial charge on any atom is -0.340 e. The molecule has 2 N–H and O–H groups in total. The van der Waals surface area contributed by atoms with Crippen LogP contribution < -0.4 is 15.1 Å². The highest BCUT2D eigenvalue weighted by atomic mass is 19.1. The van der Waals surface area contributed by atoms with Crippen molar-refractivity contribution in [1.82, 2.24) is 20.2 Å². The van der Waals surface area contributed by atoms with Crippen molar-refractivity contribution in [2.24, 2.45) is 0 Å². The third kappa shape index (κ3) is 4.02. The third-order valence-corrected chi connectivity index (χ3v) is 7.19. The van der Waals surface area contributed by atoms with Gasteiger partial charge in [-0.2, -0.15) is 15.3 Å². The second-order valence-corrected chi connectivity index (χ2v) is 9.53. The van der Waals surface area contributed by atoms with Crippen LogP contribution in [0.3, 0.4) is 0 Å². The van der Waals surface area contributed by atoms with Gasteiger partial charge in [0.15, 0.2) is 11.6 Å². The number of fused-ring (bicyclic) bond motifs is 2. The Morgan fingerprint density at radius 3 is 2.81 bits per heavy atom. The van der Waals surface area contributed by atoms with E-state index in [9.17, 15) is 14.4 Å². The van der Waals surface area contributed by atoms with E-state index in [1.54, 1.807) is 47.6 Å². The van der Waals surface area contributed by atoms with E-state index in [0.717, 1.165) is 25.7 Å². The summed E-state index contributed by atoms with van der Waals surface area (Å²) < 4.78 is 14.5. The molecule has 0 unspecified atom stereocenters. The largest absolute Gasteiger partial charge is 0.340 e. The number of carbonyl (C=O) groups excluding carboxylic acids is 1. The van der Waals surface area contributed by atoms with Crippen molar-refractivity contribution in [1.29, 1.82) is 5.26 Å². The first kappa shape index (κ1) is 22.9. The van der Waals surface area contributed by atoms with Gasteiger partial charge in [-0.15, -0.1) is 0 Å². The lowest BCUT2D eigenvalue weighted by molar-refractivity contribution is -0.119. The van der Waals surface area contributed by atoms with Gasteiger partial charge >= 0.3 is 0 Å². The number of rotatable bonds is 4. The summed E-state index contributed by atoms with van der Waals surface area (Å²) in [5.41, 5.74) is 2.45. The van der Waals surface area contributed by atoms with Crippen molar-refractivity contribution in [2.75, 3.05) is 15.1 Å². The lowest BCUT2D eigenvalue weighted by Gasteiger charge is -2.45. The number of aromatic nitrogens is 4. The summed E-state index contributed by atoms with van der Waals surface area (Å²) in [7, 11) is 0. The number of amides is 1. The summed E-state index contributed by atoms with van der Waals surface area (Å²) in [4.78, 5) is 26.8. The third-order valence-electron chi connectivity index (χ3n) is 7.19. The van der Waals surface area contributed by atoms with Crippen LogP contribution in [0.1, 0.15) is 44.6 Å². The minimum absolute atomic E-state index is 0.0926. The van der Waals surface area contributed by atoms with Crippen molar-refractivity contribution in [3.63, 3.8) is 0 Å². The van der Waals surface area contributed by atoms with Crippen LogP contribution in [0, 0.1) is 17.1 Å². The molecule has 2 aliphatic rings. The van der Waals surface area contributed by atoms with Gasteiger partial charge in [0.25, 0.3) is 5.91 Å². The Labute approximate surface area is 212 Å². The quantitative estimate of drug-likeness (QED) is 0.393. The molecule has 0 bridgehead atoms. The van der Waals surface area contributed by atoms with E-state index >= 15 is 0 Å². The number of nitriles is 1. The number of benzene rings is 2. The first-order valence-corrected chi connectivity index (χ1v) is 12.4. The highest BCUT2D eigenvalue weighted by molar-refractivity contribution is 6.10. The highest BCUT2D eigenvalue weighted by Gasteiger charge is 2.41. The van der Waals surface area contributed by atoms with Gasteiger partial charge in [-0.3, -0.25) is 14.8 Å². The molecule has 37 heavy (non-hydrogen) atoms. The van der Waals surface area contributed by atoms with Gasteiger partial charge in [-0.1, -0.05) is 25.3 Å². The molecule has 1 atom stereocenters. The SMILES string of the molecule is C[C@@H]1C(=O)N(c2cccc(C#N)c2)c2cnc(Nc3cc(F)c4[nH]ncc4c3)nc2N1C1CCCCC1. The molecule has 3 heterocycles. The minimum atomic E-state index is -0.455. The smallest absolute Gasteiger partial charge is 0.254 e. The summed E-state index contributed by atoms with van der Waals surface area (Å²) in [6, 6.07) is 12.0. The zero-order valence-corrected chi connectivity index (χ0v) is 20.3. The molecular formula is C27H25FN8O. The van der Waals surface area contributed by atoms with E-state index in [1.807, 2.05) is 6.92 Å². The van der Waals surface area contributed by atoms with Crippen LogP contribution in [0.5, 0.6) is 0 Å². The number of hydrogen-bond acceptors (Lipinski definition) is 7. The molecule has 10 heteroatoms. The number of hydrogen-bond donors (Lipinski definition) is 2. The molecule has 1 amide bonds. The molecule has 2 aromatic carbocycles. The fourth-order valence-electron chi connectivity index (χ4n) is 5.43. The lowest BCUT2D eigenvalue weighted by atomic mass is 9.92. The average Bonchev–Trinajstić information content (AvgIpc) is 3.40. The van der Waals surface area contributed by atoms with Crippen LogP contribution in [0.4, 0.5) is 33.2 Å². The molecule has 186 valence electrons. The number of halogens is 1. The zero-order chi connectivity index (χ0) is 25.5. The first-order chi connectivity index (χ1) is 18.0. The van der Waals surface area contributed by atoms with Crippen LogP contribution >= 0.6 is 0 Å². The Bertz CT molecular complexity index is 1540. The predicted molar refractivity (Wildman–Crippen MR) is 138 cm³/mol. The Balaban J connectivity index is 1.45. The molecule has 4 aromatic rings. The molecule has 1 aliphatic heterocycles. The van der Waals surface area contributed by atoms with Gasteiger partial charge in [-0.05, 0) is 50.1 Å². The van der Waals surface area contributed by atoms with Gasteiger partial charge < -0.3 is 10.2 Å². The second-order valence-electron chi connectivity index (χ2n) is 9.53. The number of carbonyl (C=O) groups is 1. The normalized spacial score (nSPS) is 18.1. The molecular weight excluding hydrogens is 471 g/mol. The van der Waals surface area contributed by atoms with Gasteiger partial charge in [0.1, 0.15) is 17.2 Å². The van der Waals surface area contributed by atoms with Gasteiger partial charge in [-0.25, -0.2) is 9.37 Å². The van der Waals surface area contributed by atoms with Crippen molar-refractivity contribution >= 4 is 45.6 Å². The summed E-state index contributed by atoms with van der Waals surface area (Å²) in [6.07, 6.45) is 8.53. The highest BCUT2D eigenvalue weighted by Crippen LogP contribution is 2.42. The number of H-pyrrole nitrogens is 1. The van der Waals surface area contributed by atoms with E-state index in [1.165, 1.54) is 12.5 Å². The molecule has 9 nitrogen and oxygen atoms in total. The molecule has 1 aliphatic carbocycles. The Kier molecular flexibility index (Phi) is 5.68. The summed E-state index contributed by atoms with van der Waals surface area (Å²) in [5.74, 6) is 0.421. The van der Waals surface area contributed by atoms with Crippen molar-refractivity contribution in [3.05, 3.63) is 60.2 Å². The number of anilines is 5. The van der Waals surface area contributed by atoms with E-state index in [-0.39, 0.29) is 11.9 Å². The van der Waals surface area contributed by atoms with Gasteiger partial charge in [0, 0.05) is 17.1 Å². The van der Waals surface area contributed by atoms with Crippen molar-refractivity contribution < 1.29 is 9.18 Å². The Hall–Kier alpha value is -4.52. The maximum Gasteiger partial charge on any atom is 0.254 e. The van der Waals surface area contributed by atoms with Crippen LogP contribution in [-0.4, -0.2) is 38.2 Å². The van der Waals surface area contributed by atoms with Gasteiger partial charge in [0.05, 0.1) is 29.7 Å². The van der Waals surface area contributed by atoms with E-state index < -0.39 is 11.9 Å². The monoisotopic (exact) mass is 496 g/mol. The second kappa shape index (κ2) is 9.17. The van der Waals surface area contributed by atoms with Crippen LogP contribution in [0.15, 0.2) is 48.8 Å². The number of nitrogens with one attached hydrogen (secondary N) is 2. The molecule has 1 fully saturated rings. The topological polar surface area (TPSA) is 114 Å². The molecule has 2 aromatic heterocycles. The first-order valence-electron chi connectivity index (χ1n) is 12.4. The summed E-state index contributed by atoms with van der Waals surface area (Å²) in [6.45, 7) is 1.90. The van der Waals surface area contributed by atoms with Crippen LogP contribution in [0.2, 0.25) is 0 Å². The predicted octanol–water partition coefficient (Wildman–Crippen LogP) is 5.31. The van der Waals surface area contributed by atoms with E-state index in [0.29, 0.717) is 45.3 Å². The van der Waals surface area contributed by atoms with Gasteiger partial charge in [0.2, 0.25) is 5.95 Å². The molecule has 1 saturated carbocycles. The zero-order valence-electron chi connectivity index (χ0n) is 20.3. The number of aromatic amines is 1. The molecule has 0 spiro atoms. The Morgan fingerprint density at radius 1 is 1.16 bits per heavy atom. The Morgan fingerprint density at radius 2 is 2.00 bits per heavy atom. The van der Waals surface area contributed by atoms with E-state index in [4.69, 9.17) is 4.98 Å². The average molecular weight is 497 g/mol. The fourth-order valence-corrected chi connectivity index (χ4v) is 5.43. The number of nitrogens with zero attached hydrogens (tertiary/aromatic N) is 6. The van der Waals surface area contributed by atoms with Crippen LogP contribution in [0.25, 0.3) is 10.9 Å². The summed E-state index contributed by atoms with van der Waals surface area (Å²) >= 11 is 0. The maximum atomic E-state index is 14.5. The standard InChI is InChI=1S/C27H25FN8O/c1-16-26(37)36(21-9-5-6-17(10-21)13-29)23-15-30-27(33-25(23)35(16)20-7-3-2-4-8-20)32-19-11-18-14-31-34-24(18)22(28)12-19/h5-6,9-12,14-16,20H,2-4,7-8H2,1H3,(H,31,34)(H,30,32,33)/t16-/m1/s1. The lowest BCUT2D eigenvalue weighted by Crippen LogP contribution is -2.55. The maximum absolute atomic E-state index is 14.5. The summed E-state index contributed by atoms with van der Waals surface area (Å²) in [5, 5.41) is 19.7. The van der Waals surface area contributed by atoms with Crippen molar-refractivity contribution in [3.8, 4) is 6.07 Å². The molecule has 0 saturated heterocycles. The van der Waals surface area contributed by atoms with E-state index in [2.05, 4.69) is 31.5 Å². The van der Waals surface area contributed by atoms with Crippen molar-refractivity contribution in [2.45, 2.75) is 51.1 Å². The fraction of sp³-hybridized carbons (Fsp3) is 0.296. The van der Waals surface area contributed by atoms with Crippen LogP contribution in [-0.2, 0) is 4.79 Å². The molecule has 0 radical (unpaired) electrons.